The topological polar surface area (TPSA) is 108 Å². The van der Waals surface area contributed by atoms with E-state index < -0.39 is 11.5 Å². The van der Waals surface area contributed by atoms with Crippen molar-refractivity contribution in [3.8, 4) is 5.69 Å². The van der Waals surface area contributed by atoms with Crippen molar-refractivity contribution >= 4 is 34.2 Å². The fourth-order valence-corrected chi connectivity index (χ4v) is 3.59. The van der Waals surface area contributed by atoms with Crippen molar-refractivity contribution in [1.82, 2.24) is 24.7 Å². The third kappa shape index (κ3) is 3.37. The fourth-order valence-electron chi connectivity index (χ4n) is 3.41. The number of halogens is 1. The number of nitrogens with one attached hydrogen (secondary N) is 1. The van der Waals surface area contributed by atoms with Crippen LogP contribution in [0.3, 0.4) is 0 Å². The number of carbonyl (C=O) groups excluding carboxylic acids is 1. The molecule has 1 aromatic carbocycles. The molecule has 9 nitrogen and oxygen atoms in total. The van der Waals surface area contributed by atoms with Gasteiger partial charge in [-0.15, -0.1) is 0 Å². The van der Waals surface area contributed by atoms with Gasteiger partial charge in [0.1, 0.15) is 17.8 Å². The molecule has 0 bridgehead atoms. The third-order valence-corrected chi connectivity index (χ3v) is 5.15. The molecule has 3 aromatic heterocycles. The number of hydrogen-bond acceptors (Lipinski definition) is 6. The summed E-state index contributed by atoms with van der Waals surface area (Å²) in [6.07, 6.45) is 3.64. The zero-order valence-corrected chi connectivity index (χ0v) is 16.8. The Balaban J connectivity index is 1.58. The molecule has 0 aliphatic heterocycles. The molecular weight excluding hydrogens is 408 g/mol. The first-order valence-corrected chi connectivity index (χ1v) is 9.85. The number of fused-ring (bicyclic) bond motifs is 1. The van der Waals surface area contributed by atoms with Crippen molar-refractivity contribution in [1.29, 1.82) is 0 Å². The normalized spacial score (nSPS) is 13.7. The van der Waals surface area contributed by atoms with E-state index in [0.717, 1.165) is 18.5 Å². The predicted octanol–water partition coefficient (Wildman–Crippen LogP) is 3.05. The molecule has 10 heteroatoms. The number of carbonyl (C=O) groups is 1. The second-order valence-corrected chi connectivity index (χ2v) is 7.73. The molecule has 1 fully saturated rings. The van der Waals surface area contributed by atoms with Gasteiger partial charge in [0.25, 0.3) is 5.56 Å². The first-order chi connectivity index (χ1) is 14.5. The van der Waals surface area contributed by atoms with Crippen molar-refractivity contribution < 1.29 is 9.32 Å². The molecule has 1 aliphatic rings. The summed E-state index contributed by atoms with van der Waals surface area (Å²) in [5.74, 6) is 0.701. The van der Waals surface area contributed by atoms with Crippen LogP contribution in [0, 0.1) is 6.92 Å². The van der Waals surface area contributed by atoms with Gasteiger partial charge in [-0.3, -0.25) is 9.59 Å². The van der Waals surface area contributed by atoms with Gasteiger partial charge in [0, 0.05) is 22.4 Å². The predicted molar refractivity (Wildman–Crippen MR) is 110 cm³/mol. The molecule has 1 aliphatic carbocycles. The van der Waals surface area contributed by atoms with Gasteiger partial charge in [0.2, 0.25) is 5.91 Å². The number of benzene rings is 1. The Labute approximate surface area is 175 Å². The molecule has 152 valence electrons. The van der Waals surface area contributed by atoms with Crippen molar-refractivity contribution in [3.05, 3.63) is 63.4 Å². The van der Waals surface area contributed by atoms with Crippen LogP contribution in [0.5, 0.6) is 0 Å². The largest absolute Gasteiger partial charge is 0.360 e. The molecule has 0 spiro atoms. The quantitative estimate of drug-likeness (QED) is 0.527. The van der Waals surface area contributed by atoms with Gasteiger partial charge in [0.15, 0.2) is 5.82 Å². The van der Waals surface area contributed by atoms with Crippen LogP contribution in [0.4, 0.5) is 5.82 Å². The van der Waals surface area contributed by atoms with Gasteiger partial charge in [0.05, 0.1) is 17.6 Å². The molecule has 3 heterocycles. The van der Waals surface area contributed by atoms with Gasteiger partial charge >= 0.3 is 0 Å². The van der Waals surface area contributed by atoms with E-state index in [1.54, 1.807) is 42.1 Å². The summed E-state index contributed by atoms with van der Waals surface area (Å²) in [5, 5.41) is 16.5. The highest BCUT2D eigenvalue weighted by atomic mass is 35.5. The minimum absolute atomic E-state index is 0.249. The number of hydrogen-bond donors (Lipinski definition) is 1. The number of aromatic nitrogens is 5. The van der Waals surface area contributed by atoms with Crippen molar-refractivity contribution in [2.75, 3.05) is 5.32 Å². The first-order valence-electron chi connectivity index (χ1n) is 9.47. The summed E-state index contributed by atoms with van der Waals surface area (Å²) in [7, 11) is 0. The van der Waals surface area contributed by atoms with Gasteiger partial charge < -0.3 is 9.84 Å². The number of aryl methyl sites for hydroxylation is 1. The zero-order valence-electron chi connectivity index (χ0n) is 16.0. The molecule has 30 heavy (non-hydrogen) atoms. The van der Waals surface area contributed by atoms with Gasteiger partial charge in [-0.1, -0.05) is 22.8 Å². The van der Waals surface area contributed by atoms with E-state index in [4.69, 9.17) is 16.1 Å². The second-order valence-electron chi connectivity index (χ2n) is 7.29. The Kier molecular flexibility index (Phi) is 4.39. The van der Waals surface area contributed by atoms with E-state index in [9.17, 15) is 9.59 Å². The highest BCUT2D eigenvalue weighted by molar-refractivity contribution is 6.30. The lowest BCUT2D eigenvalue weighted by molar-refractivity contribution is -0.117. The first kappa shape index (κ1) is 18.6. The smallest absolute Gasteiger partial charge is 0.293 e. The van der Waals surface area contributed by atoms with Crippen LogP contribution in [0.15, 0.2) is 45.8 Å². The maximum atomic E-state index is 13.2. The summed E-state index contributed by atoms with van der Waals surface area (Å²) >= 11 is 6.12. The van der Waals surface area contributed by atoms with Crippen molar-refractivity contribution in [2.45, 2.75) is 32.2 Å². The maximum Gasteiger partial charge on any atom is 0.293 e. The lowest BCUT2D eigenvalue weighted by atomic mass is 10.2. The highest BCUT2D eigenvalue weighted by Crippen LogP contribution is 2.41. The zero-order chi connectivity index (χ0) is 20.8. The molecule has 0 radical (unpaired) electrons. The van der Waals surface area contributed by atoms with Crippen LogP contribution in [-0.2, 0) is 11.3 Å². The minimum Gasteiger partial charge on any atom is -0.360 e. The van der Waals surface area contributed by atoms with E-state index in [0.29, 0.717) is 27.4 Å². The molecule has 4 aromatic rings. The minimum atomic E-state index is -0.423. The number of rotatable bonds is 5. The van der Waals surface area contributed by atoms with Crippen molar-refractivity contribution in [2.24, 2.45) is 0 Å². The van der Waals surface area contributed by atoms with Crippen LogP contribution in [-0.4, -0.2) is 30.6 Å². The third-order valence-electron chi connectivity index (χ3n) is 4.92. The number of nitrogens with zero attached hydrogens (tertiary/aromatic N) is 5. The van der Waals surface area contributed by atoms with Crippen molar-refractivity contribution in [3.63, 3.8) is 0 Å². The Bertz CT molecular complexity index is 1330. The highest BCUT2D eigenvalue weighted by Gasteiger charge is 2.30. The van der Waals surface area contributed by atoms with Crippen LogP contribution in [0.2, 0.25) is 5.02 Å². The average molecular weight is 425 g/mol. The molecular formula is C20H17ClN6O3. The summed E-state index contributed by atoms with van der Waals surface area (Å²) in [6.45, 7) is 1.47. The Hall–Kier alpha value is -3.46. The summed E-state index contributed by atoms with van der Waals surface area (Å²) in [6, 6.07) is 8.69. The monoisotopic (exact) mass is 424 g/mol. The molecule has 1 N–H and O–H groups in total. The summed E-state index contributed by atoms with van der Waals surface area (Å²) < 4.78 is 7.68. The summed E-state index contributed by atoms with van der Waals surface area (Å²) in [5.41, 5.74) is 1.41. The molecule has 0 unspecified atom stereocenters. The number of anilines is 1. The van der Waals surface area contributed by atoms with Crippen LogP contribution in [0.1, 0.15) is 30.2 Å². The van der Waals surface area contributed by atoms with E-state index in [1.807, 2.05) is 6.07 Å². The van der Waals surface area contributed by atoms with E-state index in [1.165, 1.54) is 4.68 Å². The maximum absolute atomic E-state index is 13.2. The van der Waals surface area contributed by atoms with Gasteiger partial charge in [-0.25, -0.2) is 9.36 Å². The Morgan fingerprint density at radius 1 is 1.33 bits per heavy atom. The number of amides is 1. The van der Waals surface area contributed by atoms with Crippen LogP contribution >= 0.6 is 11.6 Å². The molecule has 1 saturated carbocycles. The molecule has 5 rings (SSSR count). The van der Waals surface area contributed by atoms with E-state index in [-0.39, 0.29) is 18.3 Å². The SMILES string of the molecule is Cc1cc(NC(=O)Cn2nc(C3CC3)c3cnn(-c4cccc(Cl)c4)c3c2=O)no1. The van der Waals surface area contributed by atoms with Crippen LogP contribution < -0.4 is 10.9 Å². The standard InChI is InChI=1S/C20H17ClN6O3/c1-11-7-16(25-30-11)23-17(28)10-26-20(29)19-15(18(24-26)12-5-6-12)9-22-27(19)14-4-2-3-13(21)8-14/h2-4,7-9,12H,5-6,10H2,1H3,(H,23,25,28). The summed E-state index contributed by atoms with van der Waals surface area (Å²) in [4.78, 5) is 25.7. The van der Waals surface area contributed by atoms with Gasteiger partial charge in [-0.2, -0.15) is 10.2 Å². The molecule has 0 saturated heterocycles. The fraction of sp³-hybridized carbons (Fsp3) is 0.250. The van der Waals surface area contributed by atoms with E-state index >= 15 is 0 Å². The lowest BCUT2D eigenvalue weighted by Gasteiger charge is -2.10. The molecule has 1 amide bonds. The van der Waals surface area contributed by atoms with Gasteiger partial charge in [-0.05, 0) is 38.0 Å². The molecule has 0 atom stereocenters. The average Bonchev–Trinajstić information content (AvgIpc) is 3.32. The second kappa shape index (κ2) is 7.10. The lowest BCUT2D eigenvalue weighted by Crippen LogP contribution is -2.31. The Morgan fingerprint density at radius 2 is 2.17 bits per heavy atom. The van der Waals surface area contributed by atoms with Crippen LogP contribution in [0.25, 0.3) is 16.6 Å². The van der Waals surface area contributed by atoms with E-state index in [2.05, 4.69) is 20.7 Å². The Morgan fingerprint density at radius 3 is 2.87 bits per heavy atom.